The summed E-state index contributed by atoms with van der Waals surface area (Å²) in [5, 5.41) is 27.7. The third kappa shape index (κ3) is 6.05. The lowest BCUT2D eigenvalue weighted by Gasteiger charge is -2.10. The Morgan fingerprint density at radius 3 is 2.61 bits per heavy atom. The van der Waals surface area contributed by atoms with Gasteiger partial charge in [0.05, 0.1) is 17.7 Å². The Kier molecular flexibility index (Phi) is 7.82. The fourth-order valence-electron chi connectivity index (χ4n) is 3.43. The van der Waals surface area contributed by atoms with Crippen molar-refractivity contribution in [3.05, 3.63) is 93.2 Å². The van der Waals surface area contributed by atoms with Gasteiger partial charge < -0.3 is 24.6 Å². The molecule has 3 aromatic rings. The van der Waals surface area contributed by atoms with E-state index in [1.165, 1.54) is 12.1 Å². The monoisotopic (exact) mass is 518 g/mol. The average Bonchev–Trinajstić information content (AvgIpc) is 3.38. The topological polar surface area (TPSA) is 162 Å². The van der Waals surface area contributed by atoms with Crippen LogP contribution in [0.25, 0.3) is 6.08 Å². The van der Waals surface area contributed by atoms with E-state index in [4.69, 9.17) is 14.2 Å². The minimum Gasteiger partial charge on any atom is -0.500 e. The minimum absolute atomic E-state index is 0.0791. The van der Waals surface area contributed by atoms with Crippen LogP contribution in [0.15, 0.2) is 71.5 Å². The number of benzene rings is 3. The first-order valence-electron chi connectivity index (χ1n) is 11.3. The number of fused-ring (bicyclic) bond motifs is 1. The summed E-state index contributed by atoms with van der Waals surface area (Å²) in [5.41, 5.74) is 2.66. The number of nitro groups is 1. The maximum absolute atomic E-state index is 13.0. The summed E-state index contributed by atoms with van der Waals surface area (Å²) < 4.78 is 15.9. The lowest BCUT2D eigenvalue weighted by molar-refractivity contribution is -0.386. The standard InChI is InChI=1S/C26H22N4O8/c1-2-36-23-13-17(11-20(24(23)31)30(34)35)14-27-29-26(33)19(28-25(32)18-6-4-3-5-7-18)10-16-8-9-21-22(12-16)38-15-37-21/h3-14,31H,2,15H2,1H3,(H,28,32)(H,29,33)/b19-10+,27-14-. The van der Waals surface area contributed by atoms with Crippen molar-refractivity contribution < 1.29 is 33.8 Å². The molecule has 1 aliphatic rings. The van der Waals surface area contributed by atoms with E-state index in [0.29, 0.717) is 22.6 Å². The molecule has 0 fully saturated rings. The van der Waals surface area contributed by atoms with Crippen molar-refractivity contribution in [3.8, 4) is 23.0 Å². The number of nitro benzene ring substituents is 1. The largest absolute Gasteiger partial charge is 0.500 e. The van der Waals surface area contributed by atoms with E-state index in [1.807, 2.05) is 0 Å². The molecule has 0 aromatic heterocycles. The van der Waals surface area contributed by atoms with Crippen molar-refractivity contribution in [2.45, 2.75) is 6.92 Å². The minimum atomic E-state index is -0.765. The second-order valence-corrected chi connectivity index (χ2v) is 7.77. The van der Waals surface area contributed by atoms with Crippen molar-refractivity contribution in [3.63, 3.8) is 0 Å². The molecule has 1 aliphatic heterocycles. The van der Waals surface area contributed by atoms with Crippen molar-refractivity contribution in [1.82, 2.24) is 10.7 Å². The molecule has 0 aliphatic carbocycles. The molecule has 12 nitrogen and oxygen atoms in total. The number of rotatable bonds is 9. The van der Waals surface area contributed by atoms with Crippen molar-refractivity contribution in [1.29, 1.82) is 0 Å². The highest BCUT2D eigenvalue weighted by atomic mass is 16.7. The Morgan fingerprint density at radius 1 is 1.11 bits per heavy atom. The fourth-order valence-corrected chi connectivity index (χ4v) is 3.43. The van der Waals surface area contributed by atoms with Crippen LogP contribution in [0, 0.1) is 10.1 Å². The molecule has 0 radical (unpaired) electrons. The summed E-state index contributed by atoms with van der Waals surface area (Å²) >= 11 is 0. The predicted octanol–water partition coefficient (Wildman–Crippen LogP) is 3.35. The molecule has 2 amide bonds. The van der Waals surface area contributed by atoms with Crippen LogP contribution in [-0.4, -0.2) is 41.5 Å². The van der Waals surface area contributed by atoms with Crippen LogP contribution in [0.3, 0.4) is 0 Å². The van der Waals surface area contributed by atoms with Gasteiger partial charge in [-0.2, -0.15) is 5.10 Å². The second kappa shape index (κ2) is 11.6. The summed E-state index contributed by atoms with van der Waals surface area (Å²) in [5.74, 6) is -0.956. The lowest BCUT2D eigenvalue weighted by Crippen LogP contribution is -2.32. The number of phenols is 1. The molecule has 0 bridgehead atoms. The molecular formula is C26H22N4O8. The lowest BCUT2D eigenvalue weighted by atomic mass is 10.1. The fraction of sp³-hybridized carbons (Fsp3) is 0.115. The summed E-state index contributed by atoms with van der Waals surface area (Å²) in [4.78, 5) is 36.3. The Morgan fingerprint density at radius 2 is 1.87 bits per heavy atom. The maximum atomic E-state index is 13.0. The molecule has 1 heterocycles. The number of aromatic hydroxyl groups is 1. The quantitative estimate of drug-likeness (QED) is 0.168. The third-order valence-corrected chi connectivity index (χ3v) is 5.19. The molecule has 3 N–H and O–H groups in total. The first-order chi connectivity index (χ1) is 18.4. The first-order valence-corrected chi connectivity index (χ1v) is 11.3. The molecular weight excluding hydrogens is 496 g/mol. The van der Waals surface area contributed by atoms with Crippen LogP contribution < -0.4 is 25.0 Å². The van der Waals surface area contributed by atoms with E-state index in [-0.39, 0.29) is 30.4 Å². The third-order valence-electron chi connectivity index (χ3n) is 5.19. The van der Waals surface area contributed by atoms with Gasteiger partial charge in [0.1, 0.15) is 5.70 Å². The van der Waals surface area contributed by atoms with Crippen LogP contribution in [0.4, 0.5) is 5.69 Å². The molecule has 4 rings (SSSR count). The van der Waals surface area contributed by atoms with E-state index in [1.54, 1.807) is 55.5 Å². The number of carbonyl (C=O) groups excluding carboxylic acids is 2. The van der Waals surface area contributed by atoms with Gasteiger partial charge in [-0.05, 0) is 48.9 Å². The number of ether oxygens (including phenoxy) is 3. The van der Waals surface area contributed by atoms with E-state index in [9.17, 15) is 24.8 Å². The van der Waals surface area contributed by atoms with Gasteiger partial charge in [-0.1, -0.05) is 24.3 Å². The smallest absolute Gasteiger partial charge is 0.315 e. The molecule has 194 valence electrons. The Bertz CT molecular complexity index is 1440. The number of hydrogen-bond donors (Lipinski definition) is 3. The number of nitrogens with zero attached hydrogens (tertiary/aromatic N) is 2. The first kappa shape index (κ1) is 25.7. The van der Waals surface area contributed by atoms with Crippen molar-refractivity contribution in [2.24, 2.45) is 5.10 Å². The van der Waals surface area contributed by atoms with Crippen molar-refractivity contribution in [2.75, 3.05) is 13.4 Å². The number of hydrazone groups is 1. The molecule has 0 saturated heterocycles. The molecule has 0 saturated carbocycles. The Hall–Kier alpha value is -5.39. The molecule has 0 spiro atoms. The summed E-state index contributed by atoms with van der Waals surface area (Å²) in [7, 11) is 0. The van der Waals surface area contributed by atoms with Gasteiger partial charge in [0.25, 0.3) is 11.8 Å². The molecule has 38 heavy (non-hydrogen) atoms. The average molecular weight is 518 g/mol. The van der Waals surface area contributed by atoms with Gasteiger partial charge in [-0.3, -0.25) is 19.7 Å². The van der Waals surface area contributed by atoms with Crippen molar-refractivity contribution >= 4 is 29.8 Å². The highest BCUT2D eigenvalue weighted by molar-refractivity contribution is 6.05. The maximum Gasteiger partial charge on any atom is 0.315 e. The molecule has 12 heteroatoms. The van der Waals surface area contributed by atoms with E-state index in [0.717, 1.165) is 12.3 Å². The van der Waals surface area contributed by atoms with E-state index >= 15 is 0 Å². The molecule has 0 atom stereocenters. The number of carbonyl (C=O) groups is 2. The summed E-state index contributed by atoms with van der Waals surface area (Å²) in [6.07, 6.45) is 2.58. The van der Waals surface area contributed by atoms with E-state index < -0.39 is 28.2 Å². The highest BCUT2D eigenvalue weighted by Gasteiger charge is 2.20. The van der Waals surface area contributed by atoms with Gasteiger partial charge in [-0.25, -0.2) is 5.43 Å². The number of hydrogen-bond acceptors (Lipinski definition) is 9. The predicted molar refractivity (Wildman–Crippen MR) is 136 cm³/mol. The van der Waals surface area contributed by atoms with Crippen LogP contribution in [0.1, 0.15) is 28.4 Å². The van der Waals surface area contributed by atoms with Gasteiger partial charge in [0, 0.05) is 17.2 Å². The zero-order valence-corrected chi connectivity index (χ0v) is 20.0. The van der Waals surface area contributed by atoms with Crippen LogP contribution in [0.2, 0.25) is 0 Å². The Balaban J connectivity index is 1.58. The Labute approximate surface area is 216 Å². The second-order valence-electron chi connectivity index (χ2n) is 7.77. The van der Waals surface area contributed by atoms with Gasteiger partial charge in [0.2, 0.25) is 12.5 Å². The molecule has 3 aromatic carbocycles. The SMILES string of the molecule is CCOc1cc(/C=N\NC(=O)/C(=C\c2ccc3c(c2)OCO3)NC(=O)c2ccccc2)cc([N+](=O)[O-])c1O. The molecule has 0 unspecified atom stereocenters. The van der Waals surface area contributed by atoms with Gasteiger partial charge in [0.15, 0.2) is 17.2 Å². The van der Waals surface area contributed by atoms with Crippen LogP contribution >= 0.6 is 0 Å². The van der Waals surface area contributed by atoms with E-state index in [2.05, 4.69) is 15.8 Å². The summed E-state index contributed by atoms with van der Waals surface area (Å²) in [6, 6.07) is 15.7. The normalized spacial score (nSPS) is 12.3. The zero-order chi connectivity index (χ0) is 27.1. The zero-order valence-electron chi connectivity index (χ0n) is 20.0. The van der Waals surface area contributed by atoms with Gasteiger partial charge in [-0.15, -0.1) is 0 Å². The highest BCUT2D eigenvalue weighted by Crippen LogP contribution is 2.36. The summed E-state index contributed by atoms with van der Waals surface area (Å²) in [6.45, 7) is 1.90. The number of nitrogens with one attached hydrogen (secondary N) is 2. The van der Waals surface area contributed by atoms with Crippen LogP contribution in [-0.2, 0) is 4.79 Å². The van der Waals surface area contributed by atoms with Gasteiger partial charge >= 0.3 is 5.69 Å². The number of amides is 2. The van der Waals surface area contributed by atoms with Crippen LogP contribution in [0.5, 0.6) is 23.0 Å². The number of phenolic OH excluding ortho intramolecular Hbond substituents is 1.